The van der Waals surface area contributed by atoms with E-state index in [0.717, 1.165) is 6.07 Å². The van der Waals surface area contributed by atoms with Gasteiger partial charge in [0.15, 0.2) is 5.75 Å². The van der Waals surface area contributed by atoms with E-state index in [1.165, 1.54) is 0 Å². The molecule has 1 rings (SSSR count). The summed E-state index contributed by atoms with van der Waals surface area (Å²) in [5.41, 5.74) is -0.328. The molecule has 0 aliphatic rings. The molecule has 0 aliphatic heterocycles. The summed E-state index contributed by atoms with van der Waals surface area (Å²) < 4.78 is 9.24. The number of carbonyl (C=O) groups excluding carboxylic acids is 1. The lowest BCUT2D eigenvalue weighted by molar-refractivity contribution is 0.0695. The van der Waals surface area contributed by atoms with Gasteiger partial charge in [-0.1, -0.05) is 34.8 Å². The summed E-state index contributed by atoms with van der Waals surface area (Å²) in [4.78, 5) is 22.0. The molecular formula is C10H7Cl3O5. The van der Waals surface area contributed by atoms with E-state index in [1.54, 1.807) is 6.92 Å². The average molecular weight is 314 g/mol. The number of carbonyl (C=O) groups is 2. The molecule has 0 saturated carbocycles. The van der Waals surface area contributed by atoms with Gasteiger partial charge in [-0.25, -0.2) is 9.59 Å². The highest BCUT2D eigenvalue weighted by Gasteiger charge is 2.21. The van der Waals surface area contributed by atoms with Crippen LogP contribution < -0.4 is 4.74 Å². The van der Waals surface area contributed by atoms with Gasteiger partial charge in [-0.15, -0.1) is 0 Å². The molecule has 0 fully saturated rings. The van der Waals surface area contributed by atoms with Gasteiger partial charge >= 0.3 is 12.1 Å². The second-order valence-corrected chi connectivity index (χ2v) is 4.09. The molecule has 5 nitrogen and oxygen atoms in total. The Morgan fingerprint density at radius 1 is 1.22 bits per heavy atom. The van der Waals surface area contributed by atoms with E-state index in [2.05, 4.69) is 4.74 Å². The normalized spacial score (nSPS) is 10.0. The minimum absolute atomic E-state index is 0.101. The molecule has 0 heterocycles. The lowest BCUT2D eigenvalue weighted by Gasteiger charge is -2.10. The third-order valence-electron chi connectivity index (χ3n) is 1.80. The summed E-state index contributed by atoms with van der Waals surface area (Å²) in [6, 6.07) is 0.996. The van der Waals surface area contributed by atoms with Crippen molar-refractivity contribution in [1.29, 1.82) is 0 Å². The first-order valence-electron chi connectivity index (χ1n) is 4.63. The fourth-order valence-corrected chi connectivity index (χ4v) is 1.71. The monoisotopic (exact) mass is 312 g/mol. The number of carboxylic acids is 1. The number of halogens is 3. The van der Waals surface area contributed by atoms with E-state index in [4.69, 9.17) is 44.6 Å². The molecule has 1 aromatic rings. The first-order chi connectivity index (χ1) is 8.38. The van der Waals surface area contributed by atoms with Crippen molar-refractivity contribution in [3.05, 3.63) is 26.7 Å². The predicted octanol–water partition coefficient (Wildman–Crippen LogP) is 3.88. The average Bonchev–Trinajstić information content (AvgIpc) is 2.30. The van der Waals surface area contributed by atoms with E-state index < -0.39 is 12.1 Å². The van der Waals surface area contributed by atoms with Crippen LogP contribution in [0.2, 0.25) is 15.1 Å². The van der Waals surface area contributed by atoms with Gasteiger partial charge in [-0.3, -0.25) is 0 Å². The zero-order valence-corrected chi connectivity index (χ0v) is 11.3. The SMILES string of the molecule is CCOC(=O)Oc1cc(C(=O)O)c(Cl)c(Cl)c1Cl. The van der Waals surface area contributed by atoms with Crippen molar-refractivity contribution < 1.29 is 24.2 Å². The second kappa shape index (κ2) is 6.13. The molecule has 1 N–H and O–H groups in total. The molecule has 0 spiro atoms. The minimum atomic E-state index is -1.33. The molecule has 8 heteroatoms. The Labute approximate surface area is 117 Å². The molecule has 0 radical (unpaired) electrons. The maximum Gasteiger partial charge on any atom is 0.513 e. The zero-order valence-electron chi connectivity index (χ0n) is 9.00. The van der Waals surface area contributed by atoms with Crippen LogP contribution >= 0.6 is 34.8 Å². The van der Waals surface area contributed by atoms with Gasteiger partial charge in [0.1, 0.15) is 5.02 Å². The quantitative estimate of drug-likeness (QED) is 0.521. The van der Waals surface area contributed by atoms with Crippen LogP contribution in [0.1, 0.15) is 17.3 Å². The lowest BCUT2D eigenvalue weighted by Crippen LogP contribution is -2.11. The van der Waals surface area contributed by atoms with Crippen molar-refractivity contribution in [2.75, 3.05) is 6.61 Å². The number of ether oxygens (including phenoxy) is 2. The number of rotatable bonds is 3. The van der Waals surface area contributed by atoms with E-state index in [-0.39, 0.29) is 33.0 Å². The fourth-order valence-electron chi connectivity index (χ4n) is 1.05. The molecule has 98 valence electrons. The maximum absolute atomic E-state index is 11.1. The second-order valence-electron chi connectivity index (χ2n) is 2.95. The highest BCUT2D eigenvalue weighted by atomic mass is 35.5. The third-order valence-corrected chi connectivity index (χ3v) is 3.14. The minimum Gasteiger partial charge on any atom is -0.478 e. The summed E-state index contributed by atoms with van der Waals surface area (Å²) in [6.45, 7) is 1.68. The Bertz CT molecular complexity index is 501. The van der Waals surface area contributed by atoms with Crippen LogP contribution in [0.25, 0.3) is 0 Å². The van der Waals surface area contributed by atoms with Gasteiger partial charge in [-0.05, 0) is 13.0 Å². The molecule has 0 atom stereocenters. The molecule has 1 aromatic carbocycles. The van der Waals surface area contributed by atoms with Crippen molar-refractivity contribution in [1.82, 2.24) is 0 Å². The standard InChI is InChI=1S/C10H7Cl3O5/c1-2-17-10(16)18-5-3-4(9(14)15)6(11)8(13)7(5)12/h3H,2H2,1H3,(H,14,15). The summed E-state index contributed by atoms with van der Waals surface area (Å²) in [5.74, 6) is -1.56. The van der Waals surface area contributed by atoms with E-state index >= 15 is 0 Å². The molecule has 0 saturated heterocycles. The summed E-state index contributed by atoms with van der Waals surface area (Å²) >= 11 is 17.2. The van der Waals surface area contributed by atoms with E-state index in [9.17, 15) is 9.59 Å². The number of hydrogen-bond acceptors (Lipinski definition) is 4. The Balaban J connectivity index is 3.20. The highest BCUT2D eigenvalue weighted by Crippen LogP contribution is 2.40. The van der Waals surface area contributed by atoms with E-state index in [1.807, 2.05) is 0 Å². The van der Waals surface area contributed by atoms with Gasteiger partial charge in [0.25, 0.3) is 0 Å². The maximum atomic E-state index is 11.1. The van der Waals surface area contributed by atoms with Crippen LogP contribution in [0.15, 0.2) is 6.07 Å². The Morgan fingerprint density at radius 3 is 2.33 bits per heavy atom. The molecule has 0 aliphatic carbocycles. The zero-order chi connectivity index (χ0) is 13.9. The largest absolute Gasteiger partial charge is 0.513 e. The Hall–Kier alpha value is -1.17. The molecule has 0 unspecified atom stereocenters. The molecule has 0 amide bonds. The van der Waals surface area contributed by atoms with Crippen LogP contribution in [-0.2, 0) is 4.74 Å². The van der Waals surface area contributed by atoms with Gasteiger partial charge in [-0.2, -0.15) is 0 Å². The summed E-state index contributed by atoms with van der Waals surface area (Å²) in [7, 11) is 0. The Kier molecular flexibility index (Phi) is 5.07. The van der Waals surface area contributed by atoms with Crippen LogP contribution in [0.4, 0.5) is 4.79 Å². The van der Waals surface area contributed by atoms with Crippen LogP contribution in [0, 0.1) is 0 Å². The van der Waals surface area contributed by atoms with Gasteiger partial charge in [0, 0.05) is 0 Å². The molecule has 0 aromatic heterocycles. The van der Waals surface area contributed by atoms with Crippen molar-refractivity contribution in [3.8, 4) is 5.75 Å². The predicted molar refractivity (Wildman–Crippen MR) is 66.1 cm³/mol. The Morgan fingerprint density at radius 2 is 1.83 bits per heavy atom. The van der Waals surface area contributed by atoms with Crippen LogP contribution in [0.5, 0.6) is 5.75 Å². The number of benzene rings is 1. The van der Waals surface area contributed by atoms with Crippen molar-refractivity contribution in [3.63, 3.8) is 0 Å². The van der Waals surface area contributed by atoms with E-state index in [0.29, 0.717) is 0 Å². The smallest absolute Gasteiger partial charge is 0.478 e. The highest BCUT2D eigenvalue weighted by molar-refractivity contribution is 6.49. The van der Waals surface area contributed by atoms with Crippen molar-refractivity contribution >= 4 is 46.9 Å². The fraction of sp³-hybridized carbons (Fsp3) is 0.200. The summed E-state index contributed by atoms with van der Waals surface area (Å²) in [6.07, 6.45) is -1.02. The number of aromatic carboxylic acids is 1. The first-order valence-corrected chi connectivity index (χ1v) is 5.77. The molecule has 18 heavy (non-hydrogen) atoms. The lowest BCUT2D eigenvalue weighted by atomic mass is 10.2. The third kappa shape index (κ3) is 3.19. The summed E-state index contributed by atoms with van der Waals surface area (Å²) in [5, 5.41) is 8.28. The van der Waals surface area contributed by atoms with Gasteiger partial charge in [0.05, 0.1) is 22.2 Å². The van der Waals surface area contributed by atoms with Crippen molar-refractivity contribution in [2.45, 2.75) is 6.92 Å². The van der Waals surface area contributed by atoms with Gasteiger partial charge in [0.2, 0.25) is 0 Å². The number of carboxylic acid groups (broad SMARTS) is 1. The topological polar surface area (TPSA) is 72.8 Å². The van der Waals surface area contributed by atoms with Crippen molar-refractivity contribution in [2.24, 2.45) is 0 Å². The van der Waals surface area contributed by atoms with Crippen LogP contribution in [0.3, 0.4) is 0 Å². The molecule has 0 bridgehead atoms. The number of hydrogen-bond donors (Lipinski definition) is 1. The van der Waals surface area contributed by atoms with Crippen LogP contribution in [-0.4, -0.2) is 23.8 Å². The first kappa shape index (κ1) is 14.9. The van der Waals surface area contributed by atoms with Gasteiger partial charge < -0.3 is 14.6 Å². The molecular weight excluding hydrogens is 306 g/mol.